The van der Waals surface area contributed by atoms with Crippen LogP contribution in [0.5, 0.6) is 5.75 Å². The molecule has 8 nitrogen and oxygen atoms in total. The van der Waals surface area contributed by atoms with Crippen LogP contribution < -0.4 is 10.3 Å². The minimum absolute atomic E-state index is 0.0941. The number of esters is 1. The molecule has 1 unspecified atom stereocenters. The SMILES string of the molecule is COC(=O)C1CN(C(=O)c2c(C)ccn(-c3ccccc3OC)c2=O)CCCN1C. The summed E-state index contributed by atoms with van der Waals surface area (Å²) in [5.74, 6) is -0.247. The van der Waals surface area contributed by atoms with Crippen molar-refractivity contribution in [2.45, 2.75) is 19.4 Å². The molecule has 30 heavy (non-hydrogen) atoms. The lowest BCUT2D eigenvalue weighted by molar-refractivity contribution is -0.146. The Kier molecular flexibility index (Phi) is 6.56. The van der Waals surface area contributed by atoms with E-state index in [-0.39, 0.29) is 18.0 Å². The van der Waals surface area contributed by atoms with E-state index in [1.54, 1.807) is 42.3 Å². The number of para-hydroxylation sites is 2. The first-order valence-corrected chi connectivity index (χ1v) is 9.82. The lowest BCUT2D eigenvalue weighted by Gasteiger charge is -2.27. The van der Waals surface area contributed by atoms with Gasteiger partial charge in [-0.3, -0.25) is 23.9 Å². The summed E-state index contributed by atoms with van der Waals surface area (Å²) < 4.78 is 11.7. The molecule has 1 amide bonds. The highest BCUT2D eigenvalue weighted by Crippen LogP contribution is 2.21. The van der Waals surface area contributed by atoms with Gasteiger partial charge in [-0.1, -0.05) is 12.1 Å². The molecule has 1 aromatic carbocycles. The number of pyridine rings is 1. The van der Waals surface area contributed by atoms with Gasteiger partial charge in [0.2, 0.25) is 0 Å². The van der Waals surface area contributed by atoms with Gasteiger partial charge >= 0.3 is 5.97 Å². The van der Waals surface area contributed by atoms with Gasteiger partial charge in [-0.15, -0.1) is 0 Å². The van der Waals surface area contributed by atoms with E-state index in [9.17, 15) is 14.4 Å². The van der Waals surface area contributed by atoms with E-state index < -0.39 is 17.6 Å². The molecule has 3 rings (SSSR count). The fraction of sp³-hybridized carbons (Fsp3) is 0.409. The standard InChI is InChI=1S/C22H27N3O5/c1-15-10-13-25(16-8-5-6-9-18(16)29-3)21(27)19(15)20(26)24-12-7-11-23(2)17(14-24)22(28)30-4/h5-6,8-10,13,17H,7,11-12,14H2,1-4H3. The van der Waals surface area contributed by atoms with Crippen molar-refractivity contribution in [3.63, 3.8) is 0 Å². The molecule has 8 heteroatoms. The monoisotopic (exact) mass is 413 g/mol. The molecule has 0 N–H and O–H groups in total. The van der Waals surface area contributed by atoms with Gasteiger partial charge in [0.25, 0.3) is 11.5 Å². The largest absolute Gasteiger partial charge is 0.495 e. The number of rotatable bonds is 4. The zero-order valence-corrected chi connectivity index (χ0v) is 17.8. The third-order valence-electron chi connectivity index (χ3n) is 5.48. The summed E-state index contributed by atoms with van der Waals surface area (Å²) in [6.07, 6.45) is 2.34. The third kappa shape index (κ3) is 4.09. The summed E-state index contributed by atoms with van der Waals surface area (Å²) >= 11 is 0. The molecule has 160 valence electrons. The Morgan fingerprint density at radius 2 is 1.83 bits per heavy atom. The average molecular weight is 413 g/mol. The Balaban J connectivity index is 2.02. The first-order valence-electron chi connectivity index (χ1n) is 9.82. The second-order valence-corrected chi connectivity index (χ2v) is 7.35. The van der Waals surface area contributed by atoms with Crippen molar-refractivity contribution in [1.29, 1.82) is 0 Å². The van der Waals surface area contributed by atoms with Gasteiger partial charge in [0.1, 0.15) is 17.4 Å². The van der Waals surface area contributed by atoms with Crippen LogP contribution in [0.4, 0.5) is 0 Å². The molecule has 1 atom stereocenters. The molecule has 0 bridgehead atoms. The van der Waals surface area contributed by atoms with Crippen LogP contribution in [-0.2, 0) is 9.53 Å². The number of carbonyl (C=O) groups is 2. The molecule has 1 saturated heterocycles. The maximum atomic E-state index is 13.4. The normalized spacial score (nSPS) is 17.3. The minimum atomic E-state index is -0.568. The summed E-state index contributed by atoms with van der Waals surface area (Å²) in [6, 6.07) is 8.31. The molecule has 1 aromatic heterocycles. The number of amides is 1. The van der Waals surface area contributed by atoms with Gasteiger partial charge in [-0.2, -0.15) is 0 Å². The fourth-order valence-electron chi connectivity index (χ4n) is 3.74. The molecular weight excluding hydrogens is 386 g/mol. The Bertz CT molecular complexity index is 1000. The lowest BCUT2D eigenvalue weighted by atomic mass is 10.1. The quantitative estimate of drug-likeness (QED) is 0.707. The first-order chi connectivity index (χ1) is 14.4. The maximum Gasteiger partial charge on any atom is 0.324 e. The molecule has 2 aromatic rings. The van der Waals surface area contributed by atoms with Crippen molar-refractivity contribution in [2.75, 3.05) is 40.9 Å². The maximum absolute atomic E-state index is 13.4. The Morgan fingerprint density at radius 1 is 1.10 bits per heavy atom. The van der Waals surface area contributed by atoms with Crippen LogP contribution >= 0.6 is 0 Å². The lowest BCUT2D eigenvalue weighted by Crippen LogP contribution is -2.47. The number of carbonyl (C=O) groups excluding carboxylic acids is 2. The zero-order valence-electron chi connectivity index (χ0n) is 17.8. The number of aryl methyl sites for hydroxylation is 1. The molecule has 1 aliphatic rings. The smallest absolute Gasteiger partial charge is 0.324 e. The Labute approximate surface area is 175 Å². The van der Waals surface area contributed by atoms with Crippen LogP contribution in [0, 0.1) is 6.92 Å². The van der Waals surface area contributed by atoms with Crippen LogP contribution in [0.25, 0.3) is 5.69 Å². The van der Waals surface area contributed by atoms with Crippen LogP contribution in [0.15, 0.2) is 41.3 Å². The molecule has 0 aliphatic carbocycles. The minimum Gasteiger partial charge on any atom is -0.495 e. The van der Waals surface area contributed by atoms with Gasteiger partial charge in [-0.25, -0.2) is 0 Å². The fourth-order valence-corrected chi connectivity index (χ4v) is 3.74. The topological polar surface area (TPSA) is 81.1 Å². The zero-order chi connectivity index (χ0) is 21.8. The van der Waals surface area contributed by atoms with E-state index in [2.05, 4.69) is 0 Å². The molecule has 2 heterocycles. The van der Waals surface area contributed by atoms with Gasteiger partial charge in [0, 0.05) is 25.8 Å². The summed E-state index contributed by atoms with van der Waals surface area (Å²) in [7, 11) is 4.70. The van der Waals surface area contributed by atoms with Crippen LogP contribution in [0.3, 0.4) is 0 Å². The number of methoxy groups -OCH3 is 2. The van der Waals surface area contributed by atoms with Crippen molar-refractivity contribution >= 4 is 11.9 Å². The van der Waals surface area contributed by atoms with E-state index >= 15 is 0 Å². The van der Waals surface area contributed by atoms with Crippen molar-refractivity contribution < 1.29 is 19.1 Å². The number of hydrogen-bond acceptors (Lipinski definition) is 6. The molecular formula is C22H27N3O5. The molecule has 0 saturated carbocycles. The van der Waals surface area contributed by atoms with E-state index in [0.717, 1.165) is 0 Å². The summed E-state index contributed by atoms with van der Waals surface area (Å²) in [5.41, 5.74) is 0.818. The number of ether oxygens (including phenoxy) is 2. The first kappa shape index (κ1) is 21.6. The molecule has 0 radical (unpaired) electrons. The van der Waals surface area contributed by atoms with Gasteiger partial charge in [0.05, 0.1) is 19.9 Å². The number of nitrogens with zero attached hydrogens (tertiary/aromatic N) is 3. The second kappa shape index (κ2) is 9.13. The predicted molar refractivity (Wildman–Crippen MR) is 112 cm³/mol. The van der Waals surface area contributed by atoms with Crippen LogP contribution in [0.2, 0.25) is 0 Å². The highest BCUT2D eigenvalue weighted by molar-refractivity contribution is 5.95. The van der Waals surface area contributed by atoms with E-state index in [1.165, 1.54) is 18.8 Å². The summed E-state index contributed by atoms with van der Waals surface area (Å²) in [6.45, 7) is 3.02. The Hall–Kier alpha value is -3.13. The van der Waals surface area contributed by atoms with E-state index in [0.29, 0.717) is 36.5 Å². The predicted octanol–water partition coefficient (Wildman–Crippen LogP) is 1.47. The highest BCUT2D eigenvalue weighted by Gasteiger charge is 2.33. The molecule has 0 spiro atoms. The van der Waals surface area contributed by atoms with Gasteiger partial charge < -0.3 is 14.4 Å². The van der Waals surface area contributed by atoms with Crippen molar-refractivity contribution in [3.8, 4) is 11.4 Å². The Morgan fingerprint density at radius 3 is 2.53 bits per heavy atom. The number of hydrogen-bond donors (Lipinski definition) is 0. The van der Waals surface area contributed by atoms with Crippen LogP contribution in [-0.4, -0.2) is 73.2 Å². The molecule has 1 fully saturated rings. The highest BCUT2D eigenvalue weighted by atomic mass is 16.5. The summed E-state index contributed by atoms with van der Waals surface area (Å²) in [4.78, 5) is 42.4. The van der Waals surface area contributed by atoms with Crippen molar-refractivity contribution in [1.82, 2.24) is 14.4 Å². The van der Waals surface area contributed by atoms with Crippen LogP contribution in [0.1, 0.15) is 22.3 Å². The number of benzene rings is 1. The van der Waals surface area contributed by atoms with E-state index in [4.69, 9.17) is 9.47 Å². The third-order valence-corrected chi connectivity index (χ3v) is 5.48. The van der Waals surface area contributed by atoms with Crippen molar-refractivity contribution in [3.05, 3.63) is 58.0 Å². The summed E-state index contributed by atoms with van der Waals surface area (Å²) in [5, 5.41) is 0. The van der Waals surface area contributed by atoms with Gasteiger partial charge in [-0.05, 0) is 44.2 Å². The molecule has 1 aliphatic heterocycles. The number of likely N-dealkylation sites (N-methyl/N-ethyl adjacent to an activating group) is 1. The van der Waals surface area contributed by atoms with Gasteiger partial charge in [0.15, 0.2) is 0 Å². The number of aromatic nitrogens is 1. The second-order valence-electron chi connectivity index (χ2n) is 7.35. The van der Waals surface area contributed by atoms with E-state index in [1.807, 2.05) is 18.0 Å². The average Bonchev–Trinajstić information content (AvgIpc) is 2.95. The van der Waals surface area contributed by atoms with Crippen molar-refractivity contribution in [2.24, 2.45) is 0 Å².